The van der Waals surface area contributed by atoms with Gasteiger partial charge in [0.15, 0.2) is 15.6 Å². The number of anilines is 1. The van der Waals surface area contributed by atoms with Crippen molar-refractivity contribution in [3.05, 3.63) is 80.9 Å². The molecule has 1 saturated heterocycles. The highest BCUT2D eigenvalue weighted by Gasteiger charge is 2.22. The van der Waals surface area contributed by atoms with E-state index in [4.69, 9.17) is 16.3 Å². The zero-order valence-corrected chi connectivity index (χ0v) is 24.4. The number of nitrogens with one attached hydrogen (secondary N) is 1. The minimum Gasteiger partial charge on any atom is -0.385 e. The van der Waals surface area contributed by atoms with E-state index in [2.05, 4.69) is 15.2 Å². The van der Waals surface area contributed by atoms with Gasteiger partial charge in [-0.15, -0.1) is 11.3 Å². The van der Waals surface area contributed by atoms with Crippen LogP contribution < -0.4 is 10.9 Å². The largest absolute Gasteiger partial charge is 0.385 e. The van der Waals surface area contributed by atoms with Crippen molar-refractivity contribution in [3.63, 3.8) is 0 Å². The second kappa shape index (κ2) is 12.8. The summed E-state index contributed by atoms with van der Waals surface area (Å²) in [7, 11) is -3.83. The molecule has 41 heavy (non-hydrogen) atoms. The maximum absolute atomic E-state index is 15.1. The van der Waals surface area contributed by atoms with Crippen molar-refractivity contribution in [2.75, 3.05) is 50.5 Å². The third kappa shape index (κ3) is 7.19. The predicted octanol–water partition coefficient (Wildman–Crippen LogP) is 3.96. The number of morpholine rings is 1. The van der Waals surface area contributed by atoms with E-state index < -0.39 is 32.7 Å². The second-order valence-corrected chi connectivity index (χ2v) is 13.6. The molecule has 9 nitrogen and oxygen atoms in total. The number of aromatic nitrogens is 2. The highest BCUT2D eigenvalue weighted by atomic mass is 35.5. The van der Waals surface area contributed by atoms with Crippen LogP contribution in [0.3, 0.4) is 0 Å². The Labute approximate surface area is 245 Å². The van der Waals surface area contributed by atoms with Gasteiger partial charge < -0.3 is 10.1 Å². The molecule has 0 amide bonds. The zero-order chi connectivity index (χ0) is 29.0. The molecule has 1 aliphatic rings. The van der Waals surface area contributed by atoms with E-state index in [1.807, 2.05) is 0 Å². The van der Waals surface area contributed by atoms with Gasteiger partial charge in [0.1, 0.15) is 22.1 Å². The van der Waals surface area contributed by atoms with Crippen LogP contribution in [0.5, 0.6) is 0 Å². The Morgan fingerprint density at radius 2 is 1.93 bits per heavy atom. The van der Waals surface area contributed by atoms with Gasteiger partial charge >= 0.3 is 0 Å². The molecule has 2 aromatic carbocycles. The Morgan fingerprint density at radius 3 is 2.66 bits per heavy atom. The molecule has 216 valence electrons. The number of ketones is 1. The van der Waals surface area contributed by atoms with Crippen LogP contribution in [0.2, 0.25) is 4.34 Å². The summed E-state index contributed by atoms with van der Waals surface area (Å²) >= 11 is 6.68. The number of Topliss-reactive ketones (excluding diaryl/α,β-unsaturated/α-hetero) is 1. The number of benzene rings is 2. The summed E-state index contributed by atoms with van der Waals surface area (Å²) in [6.45, 7) is 5.19. The quantitative estimate of drug-likeness (QED) is 0.252. The van der Waals surface area contributed by atoms with E-state index in [1.54, 1.807) is 18.2 Å². The van der Waals surface area contributed by atoms with Crippen LogP contribution in [-0.2, 0) is 25.8 Å². The molecule has 2 aromatic heterocycles. The fraction of sp³-hybridized carbons (Fsp3) is 0.321. The molecule has 5 rings (SSSR count). The van der Waals surface area contributed by atoms with E-state index in [0.29, 0.717) is 20.8 Å². The van der Waals surface area contributed by atoms with Crippen LogP contribution in [0.1, 0.15) is 12.0 Å². The van der Waals surface area contributed by atoms with E-state index in [0.717, 1.165) is 73.5 Å². The number of sulfone groups is 1. The lowest BCUT2D eigenvalue weighted by molar-refractivity contribution is -0.116. The van der Waals surface area contributed by atoms with E-state index in [9.17, 15) is 18.0 Å². The zero-order valence-electron chi connectivity index (χ0n) is 22.0. The van der Waals surface area contributed by atoms with Crippen molar-refractivity contribution in [1.29, 1.82) is 0 Å². The fourth-order valence-electron chi connectivity index (χ4n) is 4.65. The van der Waals surface area contributed by atoms with E-state index in [1.165, 1.54) is 30.6 Å². The molecular formula is C28H28ClFN4O5S2. The minimum atomic E-state index is -3.83. The number of halogens is 2. The van der Waals surface area contributed by atoms with Crippen molar-refractivity contribution >= 4 is 55.1 Å². The molecule has 0 atom stereocenters. The number of ether oxygens (including phenoxy) is 1. The summed E-state index contributed by atoms with van der Waals surface area (Å²) in [6.07, 6.45) is 1.96. The Bertz CT molecular complexity index is 1740. The molecule has 0 bridgehead atoms. The number of hydrogen-bond acceptors (Lipinski definition) is 9. The number of rotatable bonds is 11. The average molecular weight is 619 g/mol. The molecule has 1 N–H and O–H groups in total. The summed E-state index contributed by atoms with van der Waals surface area (Å²) in [6, 6.07) is 12.1. The Hall–Kier alpha value is -3.16. The van der Waals surface area contributed by atoms with E-state index in [-0.39, 0.29) is 16.3 Å². The standard InChI is InChI=1S/C28H28ClFN4O5S2/c29-26-6-7-27(40-26)41(37,38)17-21(35)14-19-2-5-25(23(30)15-19)34-18-32-24-16-20(3-4-22(24)28(34)36)31-8-1-9-33-10-12-39-13-11-33/h2-7,15-16,18,31H,1,8-14,17H2. The summed E-state index contributed by atoms with van der Waals surface area (Å²) in [5.41, 5.74) is 1.17. The molecule has 1 fully saturated rings. The molecule has 1 aliphatic heterocycles. The van der Waals surface area contributed by atoms with Gasteiger partial charge in [-0.3, -0.25) is 19.1 Å². The van der Waals surface area contributed by atoms with Crippen LogP contribution in [0.15, 0.2) is 63.9 Å². The molecule has 0 aliphatic carbocycles. The molecule has 3 heterocycles. The summed E-state index contributed by atoms with van der Waals surface area (Å²) in [4.78, 5) is 32.4. The van der Waals surface area contributed by atoms with Crippen molar-refractivity contribution in [1.82, 2.24) is 14.5 Å². The monoisotopic (exact) mass is 618 g/mol. The van der Waals surface area contributed by atoms with E-state index >= 15 is 4.39 Å². The van der Waals surface area contributed by atoms with Gasteiger partial charge in [0.25, 0.3) is 5.56 Å². The van der Waals surface area contributed by atoms with Gasteiger partial charge in [0, 0.05) is 31.7 Å². The topological polar surface area (TPSA) is 111 Å². The number of hydrogen-bond donors (Lipinski definition) is 1. The molecule has 13 heteroatoms. The number of thiophene rings is 1. The first-order chi connectivity index (χ1) is 19.7. The smallest absolute Gasteiger partial charge is 0.265 e. The summed E-state index contributed by atoms with van der Waals surface area (Å²) in [5.74, 6) is -2.03. The average Bonchev–Trinajstić information content (AvgIpc) is 3.39. The SMILES string of the molecule is O=C(Cc1ccc(-n2cnc3cc(NCCCN4CCOCC4)ccc3c2=O)c(F)c1)CS(=O)(=O)c1ccc(Cl)s1. The number of nitrogens with zero attached hydrogens (tertiary/aromatic N) is 3. The lowest BCUT2D eigenvalue weighted by atomic mass is 10.1. The van der Waals surface area contributed by atoms with Gasteiger partial charge in [0.2, 0.25) is 0 Å². The molecule has 0 unspecified atom stereocenters. The van der Waals surface area contributed by atoms with Gasteiger partial charge in [-0.05, 0) is 61.0 Å². The lowest BCUT2D eigenvalue weighted by Gasteiger charge is -2.26. The highest BCUT2D eigenvalue weighted by Crippen LogP contribution is 2.27. The predicted molar refractivity (Wildman–Crippen MR) is 158 cm³/mol. The molecular weight excluding hydrogens is 591 g/mol. The fourth-order valence-corrected chi connectivity index (χ4v) is 7.46. The molecule has 4 aromatic rings. The third-order valence-electron chi connectivity index (χ3n) is 6.72. The second-order valence-electron chi connectivity index (χ2n) is 9.70. The highest BCUT2D eigenvalue weighted by molar-refractivity contribution is 7.94. The molecule has 0 saturated carbocycles. The van der Waals surface area contributed by atoms with Crippen LogP contribution >= 0.6 is 22.9 Å². The first-order valence-electron chi connectivity index (χ1n) is 13.0. The summed E-state index contributed by atoms with van der Waals surface area (Å²) in [5, 5.41) is 3.70. The van der Waals surface area contributed by atoms with Crippen molar-refractivity contribution in [2.45, 2.75) is 17.1 Å². The lowest BCUT2D eigenvalue weighted by Crippen LogP contribution is -2.37. The Kier molecular flexibility index (Phi) is 9.15. The van der Waals surface area contributed by atoms with Crippen LogP contribution in [0.25, 0.3) is 16.6 Å². The maximum atomic E-state index is 15.1. The number of fused-ring (bicyclic) bond motifs is 1. The molecule has 0 radical (unpaired) electrons. The molecule has 0 spiro atoms. The van der Waals surface area contributed by atoms with Gasteiger partial charge in [-0.25, -0.2) is 17.8 Å². The van der Waals surface area contributed by atoms with Crippen molar-refractivity contribution in [2.24, 2.45) is 0 Å². The van der Waals surface area contributed by atoms with Gasteiger partial charge in [0.05, 0.1) is 34.1 Å². The summed E-state index contributed by atoms with van der Waals surface area (Å²) < 4.78 is 46.8. The van der Waals surface area contributed by atoms with Crippen LogP contribution in [-0.4, -0.2) is 73.8 Å². The van der Waals surface area contributed by atoms with Gasteiger partial charge in [-0.1, -0.05) is 17.7 Å². The Morgan fingerprint density at radius 1 is 1.12 bits per heavy atom. The van der Waals surface area contributed by atoms with Crippen LogP contribution in [0.4, 0.5) is 10.1 Å². The third-order valence-corrected chi connectivity index (χ3v) is 10.2. The first kappa shape index (κ1) is 29.3. The Balaban J connectivity index is 1.24. The van der Waals surface area contributed by atoms with Crippen molar-refractivity contribution in [3.8, 4) is 5.69 Å². The maximum Gasteiger partial charge on any atom is 0.265 e. The number of carbonyl (C=O) groups excluding carboxylic acids is 1. The van der Waals surface area contributed by atoms with Crippen LogP contribution in [0, 0.1) is 5.82 Å². The van der Waals surface area contributed by atoms with Gasteiger partial charge in [-0.2, -0.15) is 0 Å². The number of carbonyl (C=O) groups is 1. The van der Waals surface area contributed by atoms with Crippen molar-refractivity contribution < 1.29 is 22.3 Å². The normalized spacial score (nSPS) is 14.4. The minimum absolute atomic E-state index is 0.00670. The first-order valence-corrected chi connectivity index (χ1v) is 15.9.